The van der Waals surface area contributed by atoms with E-state index in [1.165, 1.54) is 0 Å². The molecule has 0 aromatic heterocycles. The second kappa shape index (κ2) is 9.44. The minimum absolute atomic E-state index is 0.323. The summed E-state index contributed by atoms with van der Waals surface area (Å²) in [6.45, 7) is 4.87. The van der Waals surface area contributed by atoms with Crippen LogP contribution in [0.15, 0.2) is 23.3 Å². The highest BCUT2D eigenvalue weighted by Crippen LogP contribution is 2.36. The molecule has 0 radical (unpaired) electrons. The van der Waals surface area contributed by atoms with E-state index in [-0.39, 0.29) is 11.9 Å². The quantitative estimate of drug-likeness (QED) is 0.294. The molecule has 0 aromatic carbocycles. The van der Waals surface area contributed by atoms with E-state index in [9.17, 15) is 30.3 Å². The molecule has 9 heteroatoms. The molecule has 3 aliphatic rings. The summed E-state index contributed by atoms with van der Waals surface area (Å²) in [6.07, 6.45) is -4.30. The Bertz CT molecular complexity index is 688. The van der Waals surface area contributed by atoms with Crippen molar-refractivity contribution in [3.8, 4) is 0 Å². The zero-order valence-electron chi connectivity index (χ0n) is 17.4. The van der Waals surface area contributed by atoms with Crippen molar-refractivity contribution in [3.63, 3.8) is 0 Å². The molecular weight excluding hydrogens is 396 g/mol. The van der Waals surface area contributed by atoms with Gasteiger partial charge < -0.3 is 39.7 Å². The third-order valence-corrected chi connectivity index (χ3v) is 6.33. The predicted molar refractivity (Wildman–Crippen MR) is 104 cm³/mol. The van der Waals surface area contributed by atoms with Gasteiger partial charge in [0.1, 0.15) is 30.5 Å². The maximum Gasteiger partial charge on any atom is 0.309 e. The van der Waals surface area contributed by atoms with Gasteiger partial charge >= 0.3 is 5.97 Å². The van der Waals surface area contributed by atoms with E-state index in [4.69, 9.17) is 14.2 Å². The average Bonchev–Trinajstić information content (AvgIpc) is 2.97. The molecule has 1 aliphatic carbocycles. The molecule has 170 valence electrons. The molecule has 0 saturated carbocycles. The normalized spacial score (nSPS) is 48.7. The smallest absolute Gasteiger partial charge is 0.309 e. The molecule has 2 saturated heterocycles. The van der Waals surface area contributed by atoms with Crippen LogP contribution in [-0.4, -0.2) is 87.1 Å². The summed E-state index contributed by atoms with van der Waals surface area (Å²) < 4.78 is 16.8. The number of rotatable bonds is 3. The van der Waals surface area contributed by atoms with Gasteiger partial charge in [-0.15, -0.1) is 0 Å². The minimum Gasteiger partial charge on any atom is -0.461 e. The van der Waals surface area contributed by atoms with Crippen molar-refractivity contribution >= 4 is 5.97 Å². The molecule has 10 atom stereocenters. The first-order chi connectivity index (χ1) is 14.1. The average molecular weight is 428 g/mol. The highest BCUT2D eigenvalue weighted by atomic mass is 16.7. The summed E-state index contributed by atoms with van der Waals surface area (Å²) in [5.41, 5.74) is 1.63. The number of ether oxygens (including phenoxy) is 3. The Hall–Kier alpha value is -1.33. The molecule has 0 bridgehead atoms. The van der Waals surface area contributed by atoms with Crippen molar-refractivity contribution in [1.82, 2.24) is 0 Å². The standard InChI is InChI=1S/C21H32O9/c1-9-4-5-13(29-21-19(26)18(25)17(24)15(8-22)30-21)10(2)7-12(23)16-11(3)20(27)28-14(16)6-9/h4,7,11-19,21-26H,5-6,8H2,1-3H3/b9-4-,10-7-/t11-,12+,13-,14-,15+,16-,17+,18-,19+,21+/m0/s1. The van der Waals surface area contributed by atoms with E-state index in [1.54, 1.807) is 19.9 Å². The highest BCUT2D eigenvalue weighted by Gasteiger charge is 2.47. The lowest BCUT2D eigenvalue weighted by Gasteiger charge is -2.41. The summed E-state index contributed by atoms with van der Waals surface area (Å²) >= 11 is 0. The maximum absolute atomic E-state index is 12.0. The fourth-order valence-corrected chi connectivity index (χ4v) is 4.39. The molecule has 0 spiro atoms. The number of esters is 1. The van der Waals surface area contributed by atoms with Crippen molar-refractivity contribution in [2.45, 2.75) is 82.6 Å². The fraction of sp³-hybridized carbons (Fsp3) is 0.762. The number of aliphatic hydroxyl groups excluding tert-OH is 5. The van der Waals surface area contributed by atoms with Crippen LogP contribution in [-0.2, 0) is 19.0 Å². The zero-order chi connectivity index (χ0) is 22.2. The summed E-state index contributed by atoms with van der Waals surface area (Å²) in [5.74, 6) is -1.15. The van der Waals surface area contributed by atoms with Gasteiger partial charge in [0.05, 0.1) is 24.7 Å². The zero-order valence-corrected chi connectivity index (χ0v) is 17.4. The molecule has 0 aromatic rings. The van der Waals surface area contributed by atoms with Gasteiger partial charge in [-0.1, -0.05) is 24.6 Å². The van der Waals surface area contributed by atoms with Crippen molar-refractivity contribution in [2.75, 3.05) is 6.61 Å². The number of fused-ring (bicyclic) bond motifs is 1. The summed E-state index contributed by atoms with van der Waals surface area (Å²) in [6, 6.07) is 0. The Morgan fingerprint density at radius 3 is 2.50 bits per heavy atom. The van der Waals surface area contributed by atoms with Crippen LogP contribution in [0.4, 0.5) is 0 Å². The van der Waals surface area contributed by atoms with Crippen molar-refractivity contribution in [2.24, 2.45) is 11.8 Å². The molecule has 3 rings (SSSR count). The van der Waals surface area contributed by atoms with Gasteiger partial charge in [0, 0.05) is 12.3 Å². The first-order valence-electron chi connectivity index (χ1n) is 10.3. The predicted octanol–water partition coefficient (Wildman–Crippen LogP) is -0.604. The maximum atomic E-state index is 12.0. The molecule has 2 fully saturated rings. The highest BCUT2D eigenvalue weighted by molar-refractivity contribution is 5.75. The topological polar surface area (TPSA) is 146 Å². The van der Waals surface area contributed by atoms with Crippen LogP contribution in [0.5, 0.6) is 0 Å². The summed E-state index contributed by atoms with van der Waals surface area (Å²) in [4.78, 5) is 12.0. The van der Waals surface area contributed by atoms with Gasteiger partial charge in [-0.2, -0.15) is 0 Å². The number of carbonyl (C=O) groups is 1. The Morgan fingerprint density at radius 2 is 1.83 bits per heavy atom. The molecule has 9 nitrogen and oxygen atoms in total. The van der Waals surface area contributed by atoms with Crippen LogP contribution < -0.4 is 0 Å². The molecule has 2 heterocycles. The van der Waals surface area contributed by atoms with Crippen LogP contribution >= 0.6 is 0 Å². The van der Waals surface area contributed by atoms with Gasteiger partial charge in [-0.3, -0.25) is 4.79 Å². The van der Waals surface area contributed by atoms with Crippen LogP contribution in [0, 0.1) is 11.8 Å². The van der Waals surface area contributed by atoms with Gasteiger partial charge in [-0.05, 0) is 25.8 Å². The summed E-state index contributed by atoms with van der Waals surface area (Å²) in [7, 11) is 0. The third kappa shape index (κ3) is 4.62. The van der Waals surface area contributed by atoms with Gasteiger partial charge in [0.15, 0.2) is 6.29 Å². The van der Waals surface area contributed by atoms with Crippen molar-refractivity contribution < 1.29 is 44.5 Å². The third-order valence-electron chi connectivity index (χ3n) is 6.33. The Balaban J connectivity index is 1.83. The van der Waals surface area contributed by atoms with E-state index in [1.807, 2.05) is 13.0 Å². The van der Waals surface area contributed by atoms with E-state index in [2.05, 4.69) is 0 Å². The van der Waals surface area contributed by atoms with E-state index < -0.39 is 61.5 Å². The Kier molecular flexibility index (Phi) is 7.34. The molecule has 0 amide bonds. The Morgan fingerprint density at radius 1 is 1.13 bits per heavy atom. The molecule has 0 unspecified atom stereocenters. The van der Waals surface area contributed by atoms with E-state index >= 15 is 0 Å². The second-order valence-electron chi connectivity index (χ2n) is 8.55. The Labute approximate surface area is 175 Å². The number of hydrogen-bond donors (Lipinski definition) is 5. The lowest BCUT2D eigenvalue weighted by Crippen LogP contribution is -2.59. The van der Waals surface area contributed by atoms with Crippen molar-refractivity contribution in [1.29, 1.82) is 0 Å². The molecular formula is C21H32O9. The lowest BCUT2D eigenvalue weighted by atomic mass is 9.82. The molecule has 30 heavy (non-hydrogen) atoms. The first kappa shape index (κ1) is 23.3. The fourth-order valence-electron chi connectivity index (χ4n) is 4.39. The first-order valence-corrected chi connectivity index (χ1v) is 10.3. The van der Waals surface area contributed by atoms with Gasteiger partial charge in [0.25, 0.3) is 0 Å². The van der Waals surface area contributed by atoms with Crippen molar-refractivity contribution in [3.05, 3.63) is 23.3 Å². The van der Waals surface area contributed by atoms with Crippen LogP contribution in [0.1, 0.15) is 33.6 Å². The lowest BCUT2D eigenvalue weighted by molar-refractivity contribution is -0.308. The van der Waals surface area contributed by atoms with Gasteiger partial charge in [-0.25, -0.2) is 0 Å². The van der Waals surface area contributed by atoms with Crippen LogP contribution in [0.25, 0.3) is 0 Å². The van der Waals surface area contributed by atoms with E-state index in [0.717, 1.165) is 5.57 Å². The SMILES string of the molecule is C/C1=C/C[C@H](O[C@@H]2O[C@H](CO)[C@@H](O)[C@H](O)[C@H]2O)/C(C)=C\[C@@H](O)[C@H]2[C@H](C1)OC(=O)[C@H]2C. The second-order valence-corrected chi connectivity index (χ2v) is 8.55. The van der Waals surface area contributed by atoms with E-state index in [0.29, 0.717) is 18.4 Å². The number of hydrogen-bond acceptors (Lipinski definition) is 9. The molecule has 5 N–H and O–H groups in total. The summed E-state index contributed by atoms with van der Waals surface area (Å²) in [5, 5.41) is 50.4. The number of carbonyl (C=O) groups excluding carboxylic acids is 1. The largest absolute Gasteiger partial charge is 0.461 e. The molecule has 2 aliphatic heterocycles. The number of aliphatic hydroxyl groups is 5. The monoisotopic (exact) mass is 428 g/mol. The van der Waals surface area contributed by atoms with Crippen LogP contribution in [0.2, 0.25) is 0 Å². The van der Waals surface area contributed by atoms with Crippen LogP contribution in [0.3, 0.4) is 0 Å². The minimum atomic E-state index is -1.53. The van der Waals surface area contributed by atoms with Gasteiger partial charge in [0.2, 0.25) is 0 Å².